The number of likely N-dealkylation sites (N-methyl/N-ethyl adjacent to an activating group) is 1. The Balaban J connectivity index is 1.53. The lowest BCUT2D eigenvalue weighted by Crippen LogP contribution is -2.50. The second-order valence-electron chi connectivity index (χ2n) is 10.8. The largest absolute Gasteiger partial charge is 0.508 e. The van der Waals surface area contributed by atoms with Crippen LogP contribution in [-0.4, -0.2) is 87.0 Å². The van der Waals surface area contributed by atoms with Crippen LogP contribution in [-0.2, 0) is 50.2 Å². The zero-order valence-electron chi connectivity index (χ0n) is 26.6. The molecule has 2 aromatic carbocycles. The van der Waals surface area contributed by atoms with E-state index in [0.717, 1.165) is 30.4 Å². The van der Waals surface area contributed by atoms with Crippen molar-refractivity contribution in [3.63, 3.8) is 0 Å². The number of carboxylic acid groups (broad SMARTS) is 1. The van der Waals surface area contributed by atoms with Crippen molar-refractivity contribution in [3.05, 3.63) is 71.8 Å². The molecule has 0 bridgehead atoms. The highest BCUT2D eigenvalue weighted by Gasteiger charge is 2.35. The summed E-state index contributed by atoms with van der Waals surface area (Å²) < 4.78 is 48.4. The molecule has 1 aliphatic carbocycles. The first-order valence-corrected chi connectivity index (χ1v) is 17.0. The summed E-state index contributed by atoms with van der Waals surface area (Å²) in [4.78, 5) is 37.3. The lowest BCUT2D eigenvalue weighted by molar-refractivity contribution is -0.143. The van der Waals surface area contributed by atoms with Crippen molar-refractivity contribution in [2.75, 3.05) is 46.7 Å². The normalized spacial score (nSPS) is 14.5. The Hall–Kier alpha value is -4.13. The number of carbonyl (C=O) groups is 3. The molecule has 1 atom stereocenters. The molecule has 0 saturated heterocycles. The molecule has 0 aliphatic heterocycles. The average Bonchev–Trinajstić information content (AvgIpc) is 3.06. The van der Waals surface area contributed by atoms with Gasteiger partial charge in [0.2, 0.25) is 5.96 Å². The van der Waals surface area contributed by atoms with Crippen LogP contribution in [0, 0.1) is 5.92 Å². The molecule has 0 amide bonds. The topological polar surface area (TPSA) is 186 Å². The molecule has 1 fully saturated rings. The van der Waals surface area contributed by atoms with Crippen LogP contribution in [0.2, 0.25) is 0 Å². The van der Waals surface area contributed by atoms with Gasteiger partial charge in [0, 0.05) is 19.9 Å². The second-order valence-corrected chi connectivity index (χ2v) is 12.4. The summed E-state index contributed by atoms with van der Waals surface area (Å²) in [6, 6.07) is 17.9. The maximum atomic E-state index is 13.6. The van der Waals surface area contributed by atoms with E-state index in [1.165, 1.54) is 11.9 Å². The van der Waals surface area contributed by atoms with E-state index in [2.05, 4.69) is 4.76 Å². The van der Waals surface area contributed by atoms with Gasteiger partial charge >= 0.3 is 26.0 Å². The Morgan fingerprint density at radius 3 is 1.68 bits per heavy atom. The van der Waals surface area contributed by atoms with E-state index in [-0.39, 0.29) is 38.3 Å². The molecule has 47 heavy (non-hydrogen) atoms. The number of nitrogens with zero attached hydrogens (tertiary/aromatic N) is 2. The first-order valence-electron chi connectivity index (χ1n) is 15.5. The van der Waals surface area contributed by atoms with E-state index in [1.54, 1.807) is 0 Å². The van der Waals surface area contributed by atoms with Crippen molar-refractivity contribution in [3.8, 4) is 0 Å². The maximum absolute atomic E-state index is 13.6. The molecule has 0 heterocycles. The molecule has 0 aromatic heterocycles. The second kappa shape index (κ2) is 20.2. The summed E-state index contributed by atoms with van der Waals surface area (Å²) in [5.74, 6) is -1.65. The van der Waals surface area contributed by atoms with Gasteiger partial charge in [-0.1, -0.05) is 79.9 Å². The summed E-state index contributed by atoms with van der Waals surface area (Å²) in [7, 11) is -2.97. The molecule has 1 unspecified atom stereocenters. The van der Waals surface area contributed by atoms with Crippen LogP contribution in [0.25, 0.3) is 0 Å². The third-order valence-corrected chi connectivity index (χ3v) is 8.84. The number of hydrogen-bond acceptors (Lipinski definition) is 10. The molecule has 1 saturated carbocycles. The van der Waals surface area contributed by atoms with Crippen LogP contribution in [0.5, 0.6) is 0 Å². The standard InChI is InChI=1S/C32H44N3O11P/c1-35(28(29(36)37)27-15-9-4-10-16-27)30(33)34-47(40,45-23-21-43-31(38)41-19-17-25-11-5-2-6-12-25)46-24-22-44-32(39)42-20-18-26-13-7-3-8-14-26/h2-3,5-8,11-14,27-28H,4,9-10,15-24H2,1H3,(H,36,37)(H2,33,34,40). The molecule has 15 heteroatoms. The highest BCUT2D eigenvalue weighted by atomic mass is 31.2. The van der Waals surface area contributed by atoms with Crippen LogP contribution in [0.15, 0.2) is 65.4 Å². The number of carboxylic acids is 1. The third kappa shape index (κ3) is 14.0. The molecule has 3 rings (SSSR count). The zero-order valence-corrected chi connectivity index (χ0v) is 27.5. The van der Waals surface area contributed by atoms with Crippen molar-refractivity contribution in [2.24, 2.45) is 16.4 Å². The predicted molar refractivity (Wildman–Crippen MR) is 172 cm³/mol. The number of rotatable bonds is 18. The molecule has 14 nitrogen and oxygen atoms in total. The van der Waals surface area contributed by atoms with Gasteiger partial charge in [0.15, 0.2) is 0 Å². The number of benzene rings is 2. The van der Waals surface area contributed by atoms with E-state index in [4.69, 9.17) is 33.7 Å². The highest BCUT2D eigenvalue weighted by Crippen LogP contribution is 2.50. The Kier molecular flexibility index (Phi) is 16.0. The third-order valence-electron chi connectivity index (χ3n) is 7.38. The summed E-state index contributed by atoms with van der Waals surface area (Å²) >= 11 is 0. The fourth-order valence-corrected chi connectivity index (χ4v) is 6.19. The van der Waals surface area contributed by atoms with Gasteiger partial charge in [-0.25, -0.2) is 18.9 Å². The van der Waals surface area contributed by atoms with Crippen LogP contribution in [0.4, 0.5) is 9.59 Å². The molecule has 0 spiro atoms. The zero-order chi connectivity index (χ0) is 33.9. The monoisotopic (exact) mass is 677 g/mol. The van der Waals surface area contributed by atoms with Gasteiger partial charge in [0.05, 0.1) is 26.4 Å². The summed E-state index contributed by atoms with van der Waals surface area (Å²) in [5.41, 5.74) is 8.10. The van der Waals surface area contributed by atoms with Gasteiger partial charge in [-0.2, -0.15) is 0 Å². The summed E-state index contributed by atoms with van der Waals surface area (Å²) in [5, 5.41) is 9.94. The van der Waals surface area contributed by atoms with Crippen molar-refractivity contribution in [2.45, 2.75) is 51.0 Å². The Labute approximate surface area is 274 Å². The van der Waals surface area contributed by atoms with Crippen LogP contribution in [0.3, 0.4) is 0 Å². The molecule has 1 aliphatic rings. The Morgan fingerprint density at radius 2 is 1.23 bits per heavy atom. The van der Waals surface area contributed by atoms with Gasteiger partial charge < -0.3 is 34.7 Å². The van der Waals surface area contributed by atoms with Crippen molar-refractivity contribution in [1.82, 2.24) is 4.90 Å². The Bertz CT molecular complexity index is 1250. The number of ether oxygens (including phenoxy) is 4. The Morgan fingerprint density at radius 1 is 0.787 bits per heavy atom. The molecule has 3 N–H and O–H groups in total. The van der Waals surface area contributed by atoms with E-state index >= 15 is 0 Å². The van der Waals surface area contributed by atoms with Gasteiger partial charge in [-0.3, -0.25) is 9.05 Å². The summed E-state index contributed by atoms with van der Waals surface area (Å²) in [6.45, 7) is -1.35. The number of aliphatic carboxylic acids is 1. The van der Waals surface area contributed by atoms with Crippen LogP contribution >= 0.6 is 7.75 Å². The predicted octanol–water partition coefficient (Wildman–Crippen LogP) is 5.20. The molecular weight excluding hydrogens is 633 g/mol. The van der Waals surface area contributed by atoms with Gasteiger partial charge in [-0.15, -0.1) is 4.76 Å². The molecule has 258 valence electrons. The van der Waals surface area contributed by atoms with Gasteiger partial charge in [0.25, 0.3) is 0 Å². The average molecular weight is 678 g/mol. The first kappa shape index (κ1) is 37.3. The van der Waals surface area contributed by atoms with Crippen molar-refractivity contribution < 1.29 is 52.1 Å². The van der Waals surface area contributed by atoms with Gasteiger partial charge in [0.1, 0.15) is 19.3 Å². The van der Waals surface area contributed by atoms with E-state index in [0.29, 0.717) is 25.7 Å². The quantitative estimate of drug-likeness (QED) is 0.0690. The van der Waals surface area contributed by atoms with E-state index < -0.39 is 45.3 Å². The summed E-state index contributed by atoms with van der Waals surface area (Å²) in [6.07, 6.45) is 3.33. The SMILES string of the molecule is CN(C(N)=NP(=O)(OCCOC(=O)OCCc1ccccc1)OCCOC(=O)OCCc1ccccc1)C(C(=O)O)C1CCCCC1. The molecular formula is C32H44N3O11P. The highest BCUT2D eigenvalue weighted by molar-refractivity contribution is 7.52. The fraction of sp³-hybridized carbons (Fsp3) is 0.500. The lowest BCUT2D eigenvalue weighted by Gasteiger charge is -2.34. The minimum absolute atomic E-state index is 0.0961. The lowest BCUT2D eigenvalue weighted by atomic mass is 9.83. The number of carbonyl (C=O) groups excluding carboxylic acids is 2. The van der Waals surface area contributed by atoms with Crippen molar-refractivity contribution >= 4 is 32.0 Å². The number of guanidine groups is 1. The van der Waals surface area contributed by atoms with Crippen LogP contribution < -0.4 is 5.73 Å². The number of hydrogen-bond donors (Lipinski definition) is 2. The minimum atomic E-state index is -4.42. The number of nitrogens with two attached hydrogens (primary N) is 1. The van der Waals surface area contributed by atoms with Gasteiger partial charge in [-0.05, 0) is 29.9 Å². The molecule has 0 radical (unpaired) electrons. The molecule has 2 aromatic rings. The van der Waals surface area contributed by atoms with Crippen LogP contribution in [0.1, 0.15) is 43.2 Å². The smallest absolute Gasteiger partial charge is 0.480 e. The maximum Gasteiger partial charge on any atom is 0.508 e. The minimum Gasteiger partial charge on any atom is -0.480 e. The van der Waals surface area contributed by atoms with Crippen molar-refractivity contribution in [1.29, 1.82) is 0 Å². The fourth-order valence-electron chi connectivity index (χ4n) is 5.00. The first-order chi connectivity index (χ1) is 22.7. The van der Waals surface area contributed by atoms with E-state index in [1.807, 2.05) is 60.7 Å². The van der Waals surface area contributed by atoms with E-state index in [9.17, 15) is 24.1 Å².